The van der Waals surface area contributed by atoms with Gasteiger partial charge in [-0.1, -0.05) is 55.4 Å². The quantitative estimate of drug-likeness (QED) is 0.0849. The van der Waals surface area contributed by atoms with Gasteiger partial charge in [0.25, 0.3) is 0 Å². The maximum absolute atomic E-state index is 14.4. The van der Waals surface area contributed by atoms with Crippen molar-refractivity contribution < 1.29 is 29.1 Å². The number of likely N-dealkylation sites (tertiary alicyclic amines) is 3. The molecule has 12 rings (SSSR count). The molecule has 0 radical (unpaired) electrons. The van der Waals surface area contributed by atoms with Gasteiger partial charge in [-0.05, 0) is 151 Å². The van der Waals surface area contributed by atoms with Crippen LogP contribution in [0.2, 0.25) is 0 Å². The summed E-state index contributed by atoms with van der Waals surface area (Å²) in [7, 11) is 0. The number of piperidine rings is 3. The first kappa shape index (κ1) is 54.4. The number of piperazine rings is 1. The summed E-state index contributed by atoms with van der Waals surface area (Å²) in [5, 5.41) is 37.5. The van der Waals surface area contributed by atoms with Crippen LogP contribution < -0.4 is 20.9 Å². The number of aryl methyl sites for hydroxylation is 1. The molecule has 3 aromatic heterocycles. The number of carbonyl (C=O) groups excluding carboxylic acids is 3. The second-order valence-electron chi connectivity index (χ2n) is 25.0. The maximum Gasteiger partial charge on any atom is 0.243 e. The molecular weight excluding hydrogens is 1030 g/mol. The third-order valence-electron chi connectivity index (χ3n) is 19.6. The zero-order chi connectivity index (χ0) is 55.4. The van der Waals surface area contributed by atoms with Gasteiger partial charge in [0.1, 0.15) is 17.7 Å². The number of fused-ring (bicyclic) bond motifs is 2. The normalized spacial score (nSPS) is 24.9. The molecule has 6 aliphatic heterocycles. The van der Waals surface area contributed by atoms with E-state index in [1.807, 2.05) is 81.7 Å². The number of hydrogen-bond donors (Lipinski definition) is 4. The lowest BCUT2D eigenvalue weighted by atomic mass is 9.59. The molecule has 426 valence electrons. The Labute approximate surface area is 474 Å². The van der Waals surface area contributed by atoms with Gasteiger partial charge in [0.2, 0.25) is 17.7 Å². The number of nitrogens with one attached hydrogen (secondary N) is 1. The third kappa shape index (κ3) is 10.9. The number of nitrogen functional groups attached to an aromatic ring is 1. The molecule has 6 saturated heterocycles. The second kappa shape index (κ2) is 22.7. The molecule has 3 amide bonds. The number of β-amino-alcohol motifs (C(OH)–C–C–N with tert-alkyl or cyclic N) is 1. The lowest BCUT2D eigenvalue weighted by Gasteiger charge is -2.56. The van der Waals surface area contributed by atoms with Gasteiger partial charge in [-0.3, -0.25) is 14.4 Å². The first-order valence-corrected chi connectivity index (χ1v) is 30.5. The molecule has 2 aromatic carbocycles. The molecule has 19 heteroatoms. The molecule has 1 spiro atoms. The number of phenols is 1. The highest BCUT2D eigenvalue weighted by Gasteiger charge is 2.50. The number of thiazole rings is 1. The van der Waals surface area contributed by atoms with Gasteiger partial charge >= 0.3 is 0 Å². The predicted octanol–water partition coefficient (Wildman–Crippen LogP) is 7.48. The van der Waals surface area contributed by atoms with Crippen LogP contribution in [-0.2, 0) is 14.4 Å². The van der Waals surface area contributed by atoms with E-state index in [1.165, 1.54) is 25.7 Å². The van der Waals surface area contributed by atoms with Crippen molar-refractivity contribution in [2.24, 2.45) is 23.2 Å². The highest BCUT2D eigenvalue weighted by Crippen LogP contribution is 2.52. The van der Waals surface area contributed by atoms with E-state index in [4.69, 9.17) is 10.3 Å². The number of aromatic hydroxyl groups is 1. The number of rotatable bonds is 14. The smallest absolute Gasteiger partial charge is 0.243 e. The Kier molecular flexibility index (Phi) is 15.4. The summed E-state index contributed by atoms with van der Waals surface area (Å²) < 4.78 is 5.97. The van der Waals surface area contributed by atoms with Crippen LogP contribution in [0.3, 0.4) is 0 Å². The van der Waals surface area contributed by atoms with Gasteiger partial charge in [-0.15, -0.1) is 21.5 Å². The number of aliphatic hydroxyl groups is 1. The Morgan fingerprint density at radius 3 is 2.24 bits per heavy atom. The number of nitrogens with two attached hydrogens (primary N) is 1. The number of benzene rings is 2. The SMILES string of the molecule is Cc1ncsc1-c1ccc([C@H](C)NC(=O)[C@@H]2C[C@@H](O)CN2C(=O)[C@@H](c2cc(N3CCC(CN4CCC5(CC4)CC(N4CCC(C(=O)N6C7CCC6CN(c6cc(-c8ccccc8O)nnc6N)C7)CC4)C5)CC3)no2)C(C)C)cc1. The lowest BCUT2D eigenvalue weighted by Crippen LogP contribution is -2.59. The molecule has 9 heterocycles. The fraction of sp³-hybridized carbons (Fsp3) is 0.590. The van der Waals surface area contributed by atoms with Crippen LogP contribution in [0.25, 0.3) is 21.7 Å². The van der Waals surface area contributed by atoms with E-state index >= 15 is 0 Å². The minimum Gasteiger partial charge on any atom is -0.507 e. The number of nitrogens with zero attached hydrogens (tertiary/aromatic N) is 10. The van der Waals surface area contributed by atoms with E-state index in [1.54, 1.807) is 28.4 Å². The van der Waals surface area contributed by atoms with E-state index < -0.39 is 18.1 Å². The van der Waals surface area contributed by atoms with Crippen molar-refractivity contribution in [1.29, 1.82) is 0 Å². The van der Waals surface area contributed by atoms with Crippen LogP contribution in [0.15, 0.2) is 70.7 Å². The molecule has 18 nitrogen and oxygen atoms in total. The number of amides is 3. The zero-order valence-electron chi connectivity index (χ0n) is 47.0. The van der Waals surface area contributed by atoms with Gasteiger partial charge in [0.15, 0.2) is 17.4 Å². The Hall–Kier alpha value is -6.15. The lowest BCUT2D eigenvalue weighted by molar-refractivity contribution is -0.141. The molecule has 80 heavy (non-hydrogen) atoms. The predicted molar refractivity (Wildman–Crippen MR) is 309 cm³/mol. The Bertz CT molecular complexity index is 2990. The summed E-state index contributed by atoms with van der Waals surface area (Å²) in [5.41, 5.74) is 13.7. The van der Waals surface area contributed by atoms with Crippen molar-refractivity contribution in [3.63, 3.8) is 0 Å². The minimum absolute atomic E-state index is 0.0875. The number of hydrogen-bond acceptors (Lipinski definition) is 16. The van der Waals surface area contributed by atoms with Gasteiger partial charge in [-0.2, -0.15) is 0 Å². The van der Waals surface area contributed by atoms with Crippen molar-refractivity contribution in [1.82, 2.24) is 45.3 Å². The van der Waals surface area contributed by atoms with Crippen molar-refractivity contribution >= 4 is 46.4 Å². The summed E-state index contributed by atoms with van der Waals surface area (Å²) in [6.45, 7) is 16.7. The summed E-state index contributed by atoms with van der Waals surface area (Å²) in [6, 6.07) is 19.0. The number of aromatic nitrogens is 4. The van der Waals surface area contributed by atoms with Gasteiger partial charge in [0, 0.05) is 81.4 Å². The van der Waals surface area contributed by atoms with Crippen molar-refractivity contribution in [2.75, 3.05) is 81.0 Å². The van der Waals surface area contributed by atoms with E-state index in [-0.39, 0.29) is 60.5 Å². The van der Waals surface area contributed by atoms with E-state index in [0.717, 1.165) is 131 Å². The molecule has 5 N–H and O–H groups in total. The largest absolute Gasteiger partial charge is 0.507 e. The molecule has 2 bridgehead atoms. The number of para-hydroxylation sites is 1. The van der Waals surface area contributed by atoms with Gasteiger partial charge in [-0.25, -0.2) is 4.98 Å². The molecule has 7 fully saturated rings. The molecular formula is C61H80N12O6S. The first-order valence-electron chi connectivity index (χ1n) is 29.6. The molecule has 7 aliphatic rings. The maximum atomic E-state index is 14.4. The van der Waals surface area contributed by atoms with Crippen LogP contribution in [0, 0.1) is 30.1 Å². The number of anilines is 3. The highest BCUT2D eigenvalue weighted by atomic mass is 32.1. The summed E-state index contributed by atoms with van der Waals surface area (Å²) in [4.78, 5) is 61.8. The highest BCUT2D eigenvalue weighted by molar-refractivity contribution is 7.13. The fourth-order valence-corrected chi connectivity index (χ4v) is 15.7. The Morgan fingerprint density at radius 2 is 1.56 bits per heavy atom. The molecule has 5 aromatic rings. The monoisotopic (exact) mass is 1110 g/mol. The molecule has 1 aliphatic carbocycles. The standard InChI is InChI=1S/C61H80N12O6S/c1-37(2)55(60(78)72-35-47(74)27-51(72)58(76)64-38(3)41-9-11-42(12-10-41)56-39(4)63-36-80-56)53-29-54(67-79-53)70-21-15-40(16-22-70)32-68-25-19-61(20-26-68)30-46(31-61)69-23-17-43(18-24-69)59(77)73-44-13-14-45(73)34-71(33-44)50-28-49(65-66-57(50)62)48-7-5-6-8-52(48)75/h5-12,28-29,36-38,40,43-47,51,55,74-75H,13-27,30-35H2,1-4H3,(H2,62,66)(H,64,76)/t38-,44?,45?,47+,51-,55+/m0/s1. The Balaban J connectivity index is 0.567. The van der Waals surface area contributed by atoms with Gasteiger partial charge in [0.05, 0.1) is 39.6 Å². The average Bonchev–Trinajstić information content (AvgIpc) is 4.32. The van der Waals surface area contributed by atoms with Crippen molar-refractivity contribution in [3.8, 4) is 27.4 Å². The topological polar surface area (TPSA) is 214 Å². The minimum atomic E-state index is -0.798. The second-order valence-corrected chi connectivity index (χ2v) is 25.8. The van der Waals surface area contributed by atoms with Crippen molar-refractivity contribution in [3.05, 3.63) is 83.2 Å². The van der Waals surface area contributed by atoms with Crippen LogP contribution >= 0.6 is 11.3 Å². The Morgan fingerprint density at radius 1 is 0.850 bits per heavy atom. The van der Waals surface area contributed by atoms with E-state index in [2.05, 4.69) is 50.2 Å². The molecule has 6 atom stereocenters. The molecule has 1 saturated carbocycles. The average molecular weight is 1110 g/mol. The third-order valence-corrected chi connectivity index (χ3v) is 20.5. The van der Waals surface area contributed by atoms with Crippen LogP contribution in [0.1, 0.15) is 120 Å². The summed E-state index contributed by atoms with van der Waals surface area (Å²) in [5.74, 6) is 1.55. The van der Waals surface area contributed by atoms with Crippen LogP contribution in [0.4, 0.5) is 17.3 Å². The molecule has 2 unspecified atom stereocenters. The van der Waals surface area contributed by atoms with Crippen LogP contribution in [-0.4, -0.2) is 164 Å². The van der Waals surface area contributed by atoms with E-state index in [9.17, 15) is 24.6 Å². The van der Waals surface area contributed by atoms with E-state index in [0.29, 0.717) is 46.1 Å². The summed E-state index contributed by atoms with van der Waals surface area (Å²) in [6.07, 6.45) is 10.5. The fourth-order valence-electron chi connectivity index (χ4n) is 14.9. The number of carbonyl (C=O) groups is 3. The van der Waals surface area contributed by atoms with Crippen LogP contribution in [0.5, 0.6) is 5.75 Å². The number of aliphatic hydroxyl groups excluding tert-OH is 1. The zero-order valence-corrected chi connectivity index (χ0v) is 47.8. The first-order chi connectivity index (χ1) is 38.7. The summed E-state index contributed by atoms with van der Waals surface area (Å²) >= 11 is 1.60. The van der Waals surface area contributed by atoms with Gasteiger partial charge < -0.3 is 55.2 Å². The van der Waals surface area contributed by atoms with Crippen molar-refractivity contribution in [2.45, 2.75) is 141 Å². The number of phenolic OH excluding ortho intramolecular Hbond substituents is 1.